The molecule has 0 radical (unpaired) electrons. The number of nitrogens with zero attached hydrogens (tertiary/aromatic N) is 3. The maximum atomic E-state index is 9.19. The third-order valence-electron chi connectivity index (χ3n) is 3.88. The van der Waals surface area contributed by atoms with Crippen LogP contribution in [-0.4, -0.2) is 20.5 Å². The molecule has 0 saturated heterocycles. The molecule has 1 aromatic heterocycles. The number of hydrogen-bond acceptors (Lipinski definition) is 3. The van der Waals surface area contributed by atoms with Crippen molar-refractivity contribution in [2.75, 3.05) is 0 Å². The summed E-state index contributed by atoms with van der Waals surface area (Å²) < 4.78 is 2.15. The molecule has 1 N–H and O–H groups in total. The van der Waals surface area contributed by atoms with Gasteiger partial charge in [0.2, 0.25) is 0 Å². The first-order chi connectivity index (χ1) is 10.3. The van der Waals surface area contributed by atoms with Crippen LogP contribution in [0, 0.1) is 0 Å². The molecule has 21 heavy (non-hydrogen) atoms. The highest BCUT2D eigenvalue weighted by Gasteiger charge is 2.24. The minimum absolute atomic E-state index is 0.615. The highest BCUT2D eigenvalue weighted by Crippen LogP contribution is 2.34. The van der Waals surface area contributed by atoms with Gasteiger partial charge in [-0.15, -0.1) is 0 Å². The summed E-state index contributed by atoms with van der Waals surface area (Å²) >= 11 is 6.30. The van der Waals surface area contributed by atoms with Gasteiger partial charge < -0.3 is 9.77 Å². The zero-order valence-electron chi connectivity index (χ0n) is 11.1. The van der Waals surface area contributed by atoms with E-state index < -0.39 is 0 Å². The standard InChI is InChI=1S/C16H12ClN3O/c17-12-7-6-11-13(19-21)8-9-20-15(11)14(12)18-16(20)10-4-2-1-3-5-10/h1-7,21H,8-9H2/b19-13+. The lowest BCUT2D eigenvalue weighted by Gasteiger charge is -2.17. The van der Waals surface area contributed by atoms with Gasteiger partial charge in [0.05, 0.1) is 16.3 Å². The Hall–Kier alpha value is -2.33. The van der Waals surface area contributed by atoms with Crippen molar-refractivity contribution in [2.24, 2.45) is 5.16 Å². The zero-order valence-corrected chi connectivity index (χ0v) is 11.9. The summed E-state index contributed by atoms with van der Waals surface area (Å²) in [5, 5.41) is 13.2. The molecule has 5 heteroatoms. The Balaban J connectivity index is 2.10. The Morgan fingerprint density at radius 2 is 1.95 bits per heavy atom. The van der Waals surface area contributed by atoms with Gasteiger partial charge in [-0.05, 0) is 12.1 Å². The van der Waals surface area contributed by atoms with Crippen LogP contribution in [0.3, 0.4) is 0 Å². The smallest absolute Gasteiger partial charge is 0.141 e. The Labute approximate surface area is 126 Å². The van der Waals surface area contributed by atoms with Gasteiger partial charge in [0.25, 0.3) is 0 Å². The van der Waals surface area contributed by atoms with E-state index in [-0.39, 0.29) is 0 Å². The molecule has 2 aromatic carbocycles. The van der Waals surface area contributed by atoms with Crippen LogP contribution in [0.15, 0.2) is 47.6 Å². The lowest BCUT2D eigenvalue weighted by Crippen LogP contribution is -2.15. The first-order valence-corrected chi connectivity index (χ1v) is 7.13. The van der Waals surface area contributed by atoms with Crippen molar-refractivity contribution in [3.8, 4) is 11.4 Å². The van der Waals surface area contributed by atoms with Crippen molar-refractivity contribution in [1.82, 2.24) is 9.55 Å². The SMILES string of the molecule is O/N=C1\CCn2c(-c3ccccc3)nc3c(Cl)ccc1c32. The molecule has 104 valence electrons. The second-order valence-corrected chi connectivity index (χ2v) is 5.45. The summed E-state index contributed by atoms with van der Waals surface area (Å²) in [5.41, 5.74) is 4.34. The van der Waals surface area contributed by atoms with Gasteiger partial charge in [-0.1, -0.05) is 47.1 Å². The Kier molecular flexibility index (Phi) is 2.72. The number of aryl methyl sites for hydroxylation is 1. The number of hydrogen-bond donors (Lipinski definition) is 1. The van der Waals surface area contributed by atoms with Crippen LogP contribution >= 0.6 is 11.6 Å². The molecule has 1 aliphatic heterocycles. The maximum Gasteiger partial charge on any atom is 0.141 e. The lowest BCUT2D eigenvalue weighted by atomic mass is 10.0. The van der Waals surface area contributed by atoms with Crippen LogP contribution in [0.25, 0.3) is 22.4 Å². The van der Waals surface area contributed by atoms with Crippen molar-refractivity contribution in [2.45, 2.75) is 13.0 Å². The molecule has 4 nitrogen and oxygen atoms in total. The van der Waals surface area contributed by atoms with Gasteiger partial charge >= 0.3 is 0 Å². The highest BCUT2D eigenvalue weighted by molar-refractivity contribution is 6.35. The summed E-state index contributed by atoms with van der Waals surface area (Å²) in [7, 11) is 0. The molecular formula is C16H12ClN3O. The second kappa shape index (κ2) is 4.60. The topological polar surface area (TPSA) is 50.4 Å². The van der Waals surface area contributed by atoms with Gasteiger partial charge in [-0.25, -0.2) is 4.98 Å². The van der Waals surface area contributed by atoms with E-state index in [4.69, 9.17) is 16.6 Å². The largest absolute Gasteiger partial charge is 0.411 e. The number of aromatic nitrogens is 2. The van der Waals surface area contributed by atoms with Gasteiger partial charge in [0, 0.05) is 24.1 Å². The number of rotatable bonds is 1. The van der Waals surface area contributed by atoms with E-state index in [1.165, 1.54) is 0 Å². The molecule has 2 heterocycles. The third kappa shape index (κ3) is 1.76. The molecule has 3 aromatic rings. The van der Waals surface area contributed by atoms with Gasteiger partial charge in [-0.3, -0.25) is 0 Å². The lowest BCUT2D eigenvalue weighted by molar-refractivity contribution is 0.317. The molecule has 0 fully saturated rings. The molecular weight excluding hydrogens is 286 g/mol. The average Bonchev–Trinajstić information content (AvgIpc) is 2.93. The van der Waals surface area contributed by atoms with Crippen molar-refractivity contribution in [3.05, 3.63) is 53.1 Å². The van der Waals surface area contributed by atoms with Crippen molar-refractivity contribution < 1.29 is 5.21 Å². The number of benzene rings is 2. The number of halogens is 1. The van der Waals surface area contributed by atoms with Crippen molar-refractivity contribution in [1.29, 1.82) is 0 Å². The van der Waals surface area contributed by atoms with Crippen molar-refractivity contribution in [3.63, 3.8) is 0 Å². The molecule has 0 aliphatic carbocycles. The highest BCUT2D eigenvalue weighted by atomic mass is 35.5. The molecule has 0 atom stereocenters. The minimum Gasteiger partial charge on any atom is -0.411 e. The van der Waals surface area contributed by atoms with E-state index in [2.05, 4.69) is 9.72 Å². The molecule has 0 saturated carbocycles. The van der Waals surface area contributed by atoms with Gasteiger partial charge in [0.1, 0.15) is 11.3 Å². The molecule has 0 spiro atoms. The minimum atomic E-state index is 0.615. The summed E-state index contributed by atoms with van der Waals surface area (Å²) in [6.45, 7) is 0.730. The monoisotopic (exact) mass is 297 g/mol. The quantitative estimate of drug-likeness (QED) is 0.546. The average molecular weight is 298 g/mol. The predicted molar refractivity (Wildman–Crippen MR) is 83.1 cm³/mol. The first kappa shape index (κ1) is 12.4. The molecule has 4 rings (SSSR count). The normalized spacial score (nSPS) is 15.8. The Morgan fingerprint density at radius 1 is 1.14 bits per heavy atom. The zero-order chi connectivity index (χ0) is 14.4. The fraction of sp³-hybridized carbons (Fsp3) is 0.125. The first-order valence-electron chi connectivity index (χ1n) is 6.75. The van der Waals surface area contributed by atoms with E-state index in [0.29, 0.717) is 17.2 Å². The summed E-state index contributed by atoms with van der Waals surface area (Å²) in [6, 6.07) is 13.7. The van der Waals surface area contributed by atoms with Crippen LogP contribution in [0.5, 0.6) is 0 Å². The third-order valence-corrected chi connectivity index (χ3v) is 4.19. The van der Waals surface area contributed by atoms with Crippen molar-refractivity contribution >= 4 is 28.3 Å². The second-order valence-electron chi connectivity index (χ2n) is 5.04. The van der Waals surface area contributed by atoms with Crippen LogP contribution < -0.4 is 0 Å². The van der Waals surface area contributed by atoms with Gasteiger partial charge in [-0.2, -0.15) is 0 Å². The number of imidazole rings is 1. The van der Waals surface area contributed by atoms with E-state index in [1.807, 2.05) is 42.5 Å². The summed E-state index contributed by atoms with van der Waals surface area (Å²) in [6.07, 6.45) is 0.677. The fourth-order valence-electron chi connectivity index (χ4n) is 2.92. The van der Waals surface area contributed by atoms with Crippen LogP contribution in [0.2, 0.25) is 5.02 Å². The van der Waals surface area contributed by atoms with E-state index in [1.54, 1.807) is 0 Å². The van der Waals surface area contributed by atoms with Crippen LogP contribution in [0.1, 0.15) is 12.0 Å². The van der Waals surface area contributed by atoms with E-state index in [9.17, 15) is 5.21 Å². The molecule has 0 unspecified atom stereocenters. The maximum absolute atomic E-state index is 9.19. The van der Waals surface area contributed by atoms with E-state index >= 15 is 0 Å². The van der Waals surface area contributed by atoms with Crippen LogP contribution in [0.4, 0.5) is 0 Å². The van der Waals surface area contributed by atoms with E-state index in [0.717, 1.165) is 34.5 Å². The van der Waals surface area contributed by atoms with Gasteiger partial charge in [0.15, 0.2) is 0 Å². The van der Waals surface area contributed by atoms with Crippen LogP contribution in [-0.2, 0) is 6.54 Å². The fourth-order valence-corrected chi connectivity index (χ4v) is 3.12. The summed E-state index contributed by atoms with van der Waals surface area (Å²) in [4.78, 5) is 4.72. The summed E-state index contributed by atoms with van der Waals surface area (Å²) in [5.74, 6) is 0.900. The number of oxime groups is 1. The Morgan fingerprint density at radius 3 is 2.71 bits per heavy atom. The predicted octanol–water partition coefficient (Wildman–Crippen LogP) is 3.94. The molecule has 0 bridgehead atoms. The molecule has 1 aliphatic rings. The Bertz CT molecular complexity index is 868. The molecule has 0 amide bonds.